The number of piperazine rings is 1. The van der Waals surface area contributed by atoms with Gasteiger partial charge >= 0.3 is 5.56 Å². The summed E-state index contributed by atoms with van der Waals surface area (Å²) in [5.41, 5.74) is 3.32. The minimum Gasteiger partial charge on any atom is -0.483 e. The molecule has 0 N–H and O–H groups in total. The maximum absolute atomic E-state index is 13.7. The van der Waals surface area contributed by atoms with Crippen LogP contribution in [0, 0.1) is 0 Å². The molecule has 0 radical (unpaired) electrons. The molecule has 0 spiro atoms. The van der Waals surface area contributed by atoms with E-state index in [0.717, 1.165) is 19.3 Å². The van der Waals surface area contributed by atoms with Crippen molar-refractivity contribution in [2.75, 3.05) is 37.3 Å². The fourth-order valence-corrected chi connectivity index (χ4v) is 5.76. The smallest absolute Gasteiger partial charge is 0.316 e. The lowest BCUT2D eigenvalue weighted by molar-refractivity contribution is 0.181. The van der Waals surface area contributed by atoms with Crippen molar-refractivity contribution in [1.29, 1.82) is 0 Å². The Morgan fingerprint density at radius 2 is 1.77 bits per heavy atom. The van der Waals surface area contributed by atoms with Gasteiger partial charge in [0.2, 0.25) is 15.8 Å². The molecule has 10 heteroatoms. The van der Waals surface area contributed by atoms with E-state index < -0.39 is 10.0 Å². The highest BCUT2D eigenvalue weighted by atomic mass is 35.5. The maximum Gasteiger partial charge on any atom is 0.316 e. The van der Waals surface area contributed by atoms with Crippen LogP contribution >= 0.6 is 11.6 Å². The van der Waals surface area contributed by atoms with Crippen LogP contribution in [0.2, 0.25) is 5.02 Å². The highest BCUT2D eigenvalue weighted by Crippen LogP contribution is 2.30. The number of fused-ring (bicyclic) bond motifs is 1. The predicted octanol–water partition coefficient (Wildman–Crippen LogP) is 2.90. The largest absolute Gasteiger partial charge is 0.483 e. The monoisotopic (exact) mass is 514 g/mol. The minimum absolute atomic E-state index is 0.149. The van der Waals surface area contributed by atoms with Crippen molar-refractivity contribution in [3.63, 3.8) is 0 Å². The molecule has 2 heterocycles. The van der Waals surface area contributed by atoms with Crippen LogP contribution in [-0.4, -0.2) is 61.0 Å². The second-order valence-electron chi connectivity index (χ2n) is 8.96. The second kappa shape index (κ2) is 9.64. The van der Waals surface area contributed by atoms with E-state index in [9.17, 15) is 13.2 Å². The van der Waals surface area contributed by atoms with Gasteiger partial charge in [0.25, 0.3) is 0 Å². The number of hydrogen-bond acceptors (Lipinski definition) is 6. The third kappa shape index (κ3) is 5.07. The molecule has 8 nitrogen and oxygen atoms in total. The van der Waals surface area contributed by atoms with E-state index in [2.05, 4.69) is 17.2 Å². The molecule has 0 amide bonds. The zero-order chi connectivity index (χ0) is 24.6. The van der Waals surface area contributed by atoms with Gasteiger partial charge in [-0.2, -0.15) is 14.1 Å². The Morgan fingerprint density at radius 3 is 2.49 bits per heavy atom. The maximum atomic E-state index is 13.7. The third-order valence-electron chi connectivity index (χ3n) is 6.60. The lowest BCUT2D eigenvalue weighted by Gasteiger charge is -2.35. The molecule has 3 aromatic rings. The number of rotatable bonds is 5. The lowest BCUT2D eigenvalue weighted by atomic mass is 9.90. The molecule has 1 aromatic heterocycles. The molecule has 0 bridgehead atoms. The Labute approximate surface area is 209 Å². The average molecular weight is 515 g/mol. The van der Waals surface area contributed by atoms with Crippen molar-refractivity contribution in [1.82, 2.24) is 14.1 Å². The second-order valence-corrected chi connectivity index (χ2v) is 11.4. The van der Waals surface area contributed by atoms with Gasteiger partial charge in [-0.15, -0.1) is 0 Å². The number of halogens is 1. The molecular formula is C25H27ClN4O4S. The van der Waals surface area contributed by atoms with E-state index in [4.69, 9.17) is 16.3 Å². The first kappa shape index (κ1) is 23.8. The van der Waals surface area contributed by atoms with Gasteiger partial charge in [0.1, 0.15) is 11.8 Å². The molecule has 184 valence electrons. The molecule has 1 fully saturated rings. The Kier molecular flexibility index (Phi) is 6.57. The molecule has 2 aromatic carbocycles. The topological polar surface area (TPSA) is 84.7 Å². The predicted molar refractivity (Wildman–Crippen MR) is 136 cm³/mol. The summed E-state index contributed by atoms with van der Waals surface area (Å²) in [6.07, 6.45) is 5.10. The van der Waals surface area contributed by atoms with Crippen LogP contribution in [0.3, 0.4) is 0 Å². The number of nitrogens with zero attached hydrogens (tertiary/aromatic N) is 4. The number of anilines is 1. The van der Waals surface area contributed by atoms with Crippen molar-refractivity contribution in [3.05, 3.63) is 81.2 Å². The van der Waals surface area contributed by atoms with Crippen LogP contribution < -0.4 is 15.2 Å². The Hall–Kier alpha value is -2.88. The van der Waals surface area contributed by atoms with E-state index in [0.29, 0.717) is 42.6 Å². The van der Waals surface area contributed by atoms with Crippen molar-refractivity contribution >= 4 is 27.3 Å². The summed E-state index contributed by atoms with van der Waals surface area (Å²) in [4.78, 5) is 15.7. The Bertz CT molecular complexity index is 1400. The average Bonchev–Trinajstić information content (AvgIpc) is 2.85. The van der Waals surface area contributed by atoms with Crippen LogP contribution in [0.15, 0.2) is 59.5 Å². The van der Waals surface area contributed by atoms with Gasteiger partial charge in [-0.3, -0.25) is 4.79 Å². The van der Waals surface area contributed by atoms with Gasteiger partial charge in [0.15, 0.2) is 0 Å². The Morgan fingerprint density at radius 1 is 1.03 bits per heavy atom. The van der Waals surface area contributed by atoms with Crippen LogP contribution in [-0.2, 0) is 22.9 Å². The number of sulfonamides is 1. The molecule has 5 rings (SSSR count). The lowest BCUT2D eigenvalue weighted by Crippen LogP contribution is -2.49. The molecule has 1 aliphatic carbocycles. The number of aromatic nitrogens is 2. The Balaban J connectivity index is 1.49. The first-order chi connectivity index (χ1) is 16.8. The fourth-order valence-electron chi connectivity index (χ4n) is 4.75. The first-order valence-corrected chi connectivity index (χ1v) is 13.8. The summed E-state index contributed by atoms with van der Waals surface area (Å²) < 4.78 is 33.1. The fraction of sp³-hybridized carbons (Fsp3) is 0.360. The van der Waals surface area contributed by atoms with Crippen molar-refractivity contribution < 1.29 is 13.2 Å². The molecule has 1 aliphatic heterocycles. The molecule has 2 aliphatic rings. The number of hydrogen-bond donors (Lipinski definition) is 0. The van der Waals surface area contributed by atoms with Gasteiger partial charge in [-0.25, -0.2) is 8.42 Å². The van der Waals surface area contributed by atoms with E-state index in [1.807, 2.05) is 17.0 Å². The highest BCUT2D eigenvalue weighted by molar-refractivity contribution is 7.88. The van der Waals surface area contributed by atoms with Gasteiger partial charge in [-0.1, -0.05) is 41.9 Å². The number of benzene rings is 2. The number of aryl methyl sites for hydroxylation is 1. The van der Waals surface area contributed by atoms with Gasteiger partial charge in [0.05, 0.1) is 18.1 Å². The van der Waals surface area contributed by atoms with Crippen LogP contribution in [0.25, 0.3) is 5.69 Å². The molecule has 0 saturated carbocycles. The molecule has 1 unspecified atom stereocenters. The standard InChI is InChI=1S/C25H27ClN4O4S/c1-35(32,33)29-13-11-28(12-14-29)23-17-27-30(21-8-4-7-20(26)16-21)25(31)24(23)34-22-10-9-18-5-2-3-6-19(18)15-22/h2-8,16-17,22H,9-15H2,1H3. The number of ether oxygens (including phenoxy) is 1. The molecule has 1 saturated heterocycles. The summed E-state index contributed by atoms with van der Waals surface area (Å²) in [7, 11) is -3.27. The van der Waals surface area contributed by atoms with Crippen LogP contribution in [0.4, 0.5) is 5.69 Å². The summed E-state index contributed by atoms with van der Waals surface area (Å²) in [5.74, 6) is 0.233. The van der Waals surface area contributed by atoms with Gasteiger partial charge < -0.3 is 9.64 Å². The van der Waals surface area contributed by atoms with Crippen LogP contribution in [0.1, 0.15) is 17.5 Å². The van der Waals surface area contributed by atoms with E-state index in [1.165, 1.54) is 26.4 Å². The minimum atomic E-state index is -3.27. The van der Waals surface area contributed by atoms with E-state index in [1.54, 1.807) is 30.5 Å². The normalized spacial score (nSPS) is 18.8. The van der Waals surface area contributed by atoms with Gasteiger partial charge in [0, 0.05) is 37.6 Å². The van der Waals surface area contributed by atoms with Crippen molar-refractivity contribution in [2.45, 2.75) is 25.4 Å². The van der Waals surface area contributed by atoms with Crippen LogP contribution in [0.5, 0.6) is 5.75 Å². The van der Waals surface area contributed by atoms with Crippen molar-refractivity contribution in [2.24, 2.45) is 0 Å². The quantitative estimate of drug-likeness (QED) is 0.520. The SMILES string of the molecule is CS(=O)(=O)N1CCN(c2cnn(-c3cccc(Cl)c3)c(=O)c2OC2CCc3ccccc3C2)CC1. The molecule has 1 atom stereocenters. The first-order valence-electron chi connectivity index (χ1n) is 11.6. The summed E-state index contributed by atoms with van der Waals surface area (Å²) >= 11 is 6.16. The van der Waals surface area contributed by atoms with Gasteiger partial charge in [-0.05, 0) is 42.2 Å². The van der Waals surface area contributed by atoms with Crippen molar-refractivity contribution in [3.8, 4) is 11.4 Å². The van der Waals surface area contributed by atoms with E-state index in [-0.39, 0.29) is 17.4 Å². The zero-order valence-corrected chi connectivity index (χ0v) is 21.0. The molecular weight excluding hydrogens is 488 g/mol. The summed E-state index contributed by atoms with van der Waals surface area (Å²) in [5, 5.41) is 4.92. The summed E-state index contributed by atoms with van der Waals surface area (Å²) in [6, 6.07) is 15.3. The highest BCUT2D eigenvalue weighted by Gasteiger charge is 2.29. The third-order valence-corrected chi connectivity index (χ3v) is 8.14. The zero-order valence-electron chi connectivity index (χ0n) is 19.4. The van der Waals surface area contributed by atoms with E-state index >= 15 is 0 Å². The molecule has 35 heavy (non-hydrogen) atoms. The summed E-state index contributed by atoms with van der Waals surface area (Å²) in [6.45, 7) is 1.57.